The second kappa shape index (κ2) is 7.00. The highest BCUT2D eigenvalue weighted by atomic mass is 16.2. The predicted octanol–water partition coefficient (Wildman–Crippen LogP) is 2.85. The molecule has 0 radical (unpaired) electrons. The molecule has 0 saturated carbocycles. The lowest BCUT2D eigenvalue weighted by Gasteiger charge is -2.28. The number of fused-ring (bicyclic) bond motifs is 1. The van der Waals surface area contributed by atoms with Gasteiger partial charge < -0.3 is 14.8 Å². The number of anilines is 1. The highest BCUT2D eigenvalue weighted by Crippen LogP contribution is 2.18. The molecule has 2 aromatic heterocycles. The minimum Gasteiger partial charge on any atom is -0.364 e. The molecule has 6 heteroatoms. The normalized spacial score (nSPS) is 13.3. The third-order valence-corrected chi connectivity index (χ3v) is 4.63. The summed E-state index contributed by atoms with van der Waals surface area (Å²) < 4.78 is 2.14. The number of benzene rings is 1. The Bertz CT molecular complexity index is 919. The van der Waals surface area contributed by atoms with Crippen LogP contribution in [0.2, 0.25) is 0 Å². The van der Waals surface area contributed by atoms with Gasteiger partial charge in [-0.25, -0.2) is 9.97 Å². The number of hydrogen-bond acceptors (Lipinski definition) is 4. The summed E-state index contributed by atoms with van der Waals surface area (Å²) in [5.74, 6) is 1.83. The maximum absolute atomic E-state index is 12.8. The van der Waals surface area contributed by atoms with Crippen molar-refractivity contribution in [3.8, 4) is 0 Å². The zero-order chi connectivity index (χ0) is 17.9. The van der Waals surface area contributed by atoms with E-state index in [1.54, 1.807) is 6.20 Å². The third-order valence-electron chi connectivity index (χ3n) is 4.63. The van der Waals surface area contributed by atoms with Gasteiger partial charge in [-0.05, 0) is 30.7 Å². The van der Waals surface area contributed by atoms with E-state index in [-0.39, 0.29) is 5.91 Å². The number of aryl methyl sites for hydroxylation is 1. The molecular formula is C20H21N5O. The summed E-state index contributed by atoms with van der Waals surface area (Å²) in [5, 5.41) is 3.27. The number of aromatic nitrogens is 3. The molecule has 132 valence electrons. The van der Waals surface area contributed by atoms with Gasteiger partial charge in [-0.1, -0.05) is 24.3 Å². The first kappa shape index (κ1) is 16.3. The molecule has 0 saturated heterocycles. The third kappa shape index (κ3) is 3.31. The van der Waals surface area contributed by atoms with Gasteiger partial charge in [0.2, 0.25) is 0 Å². The highest BCUT2D eigenvalue weighted by molar-refractivity contribution is 5.95. The molecule has 0 atom stereocenters. The molecule has 0 unspecified atom stereocenters. The molecule has 1 aliphatic heterocycles. The van der Waals surface area contributed by atoms with Gasteiger partial charge in [0, 0.05) is 31.0 Å². The lowest BCUT2D eigenvalue weighted by Crippen LogP contribution is -2.38. The first-order chi connectivity index (χ1) is 12.7. The summed E-state index contributed by atoms with van der Waals surface area (Å²) in [6.07, 6.45) is 3.82. The zero-order valence-corrected chi connectivity index (χ0v) is 14.7. The van der Waals surface area contributed by atoms with Crippen molar-refractivity contribution < 1.29 is 4.79 Å². The summed E-state index contributed by atoms with van der Waals surface area (Å²) >= 11 is 0. The Labute approximate surface area is 152 Å². The van der Waals surface area contributed by atoms with Crippen LogP contribution in [-0.2, 0) is 19.6 Å². The van der Waals surface area contributed by atoms with E-state index in [1.807, 2.05) is 54.3 Å². The molecule has 4 rings (SSSR count). The van der Waals surface area contributed by atoms with E-state index in [1.165, 1.54) is 0 Å². The minimum absolute atomic E-state index is 0.0745. The molecule has 1 aromatic carbocycles. The van der Waals surface area contributed by atoms with Crippen LogP contribution in [0, 0.1) is 6.92 Å². The van der Waals surface area contributed by atoms with E-state index < -0.39 is 0 Å². The van der Waals surface area contributed by atoms with Gasteiger partial charge in [-0.2, -0.15) is 0 Å². The zero-order valence-electron chi connectivity index (χ0n) is 14.7. The number of imidazole rings is 1. The number of nitrogens with one attached hydrogen (secondary N) is 1. The molecule has 0 fully saturated rings. The molecular weight excluding hydrogens is 326 g/mol. The van der Waals surface area contributed by atoms with Crippen molar-refractivity contribution >= 4 is 11.7 Å². The molecule has 6 nitrogen and oxygen atoms in total. The van der Waals surface area contributed by atoms with Crippen molar-refractivity contribution in [1.82, 2.24) is 19.4 Å². The predicted molar refractivity (Wildman–Crippen MR) is 99.7 cm³/mol. The lowest BCUT2D eigenvalue weighted by atomic mass is 10.1. The van der Waals surface area contributed by atoms with E-state index in [0.717, 1.165) is 35.0 Å². The van der Waals surface area contributed by atoms with Crippen LogP contribution in [0.3, 0.4) is 0 Å². The van der Waals surface area contributed by atoms with Crippen LogP contribution in [0.25, 0.3) is 0 Å². The molecule has 0 aliphatic carbocycles. The highest BCUT2D eigenvalue weighted by Gasteiger charge is 2.24. The fourth-order valence-corrected chi connectivity index (χ4v) is 3.20. The van der Waals surface area contributed by atoms with Crippen LogP contribution in [0.1, 0.15) is 27.4 Å². The first-order valence-electron chi connectivity index (χ1n) is 8.75. The van der Waals surface area contributed by atoms with E-state index in [9.17, 15) is 4.79 Å². The lowest BCUT2D eigenvalue weighted by molar-refractivity contribution is 0.0707. The van der Waals surface area contributed by atoms with Crippen LogP contribution >= 0.6 is 0 Å². The maximum Gasteiger partial charge on any atom is 0.254 e. The maximum atomic E-state index is 12.8. The van der Waals surface area contributed by atoms with Crippen molar-refractivity contribution in [1.29, 1.82) is 0 Å². The Morgan fingerprint density at radius 1 is 1.15 bits per heavy atom. The van der Waals surface area contributed by atoms with Crippen LogP contribution in [0.15, 0.2) is 54.9 Å². The SMILES string of the molecule is Cc1ccccc1C(=O)N1CCn2cc(CNc3ccccn3)nc2C1. The Morgan fingerprint density at radius 2 is 2.00 bits per heavy atom. The standard InChI is InChI=1S/C20H21N5O/c1-15-6-2-3-7-17(15)20(26)25-11-10-24-13-16(23-19(24)14-25)12-22-18-8-4-5-9-21-18/h2-9,13H,10-12,14H2,1H3,(H,21,22). The van der Waals surface area contributed by atoms with Crippen molar-refractivity contribution in [2.24, 2.45) is 0 Å². The molecule has 3 heterocycles. The number of pyridine rings is 1. The number of carbonyl (C=O) groups excluding carboxylic acids is 1. The van der Waals surface area contributed by atoms with Gasteiger partial charge in [0.05, 0.1) is 18.8 Å². The van der Waals surface area contributed by atoms with Crippen molar-refractivity contribution in [2.45, 2.75) is 26.6 Å². The molecule has 0 bridgehead atoms. The van der Waals surface area contributed by atoms with Gasteiger partial charge >= 0.3 is 0 Å². The molecule has 1 amide bonds. The van der Waals surface area contributed by atoms with Gasteiger partial charge in [0.25, 0.3) is 5.91 Å². The first-order valence-corrected chi connectivity index (χ1v) is 8.75. The largest absolute Gasteiger partial charge is 0.364 e. The van der Waals surface area contributed by atoms with E-state index in [2.05, 4.69) is 21.1 Å². The second-order valence-corrected chi connectivity index (χ2v) is 6.45. The Hall–Kier alpha value is -3.15. The van der Waals surface area contributed by atoms with E-state index >= 15 is 0 Å². The fraction of sp³-hybridized carbons (Fsp3) is 0.250. The summed E-state index contributed by atoms with van der Waals surface area (Å²) in [5.41, 5.74) is 2.73. The van der Waals surface area contributed by atoms with Crippen LogP contribution < -0.4 is 5.32 Å². The number of carbonyl (C=O) groups is 1. The number of rotatable bonds is 4. The van der Waals surface area contributed by atoms with Gasteiger partial charge in [0.15, 0.2) is 0 Å². The van der Waals surface area contributed by atoms with Gasteiger partial charge in [-0.3, -0.25) is 4.79 Å². The Morgan fingerprint density at radius 3 is 2.81 bits per heavy atom. The van der Waals surface area contributed by atoms with Crippen LogP contribution in [-0.4, -0.2) is 31.9 Å². The van der Waals surface area contributed by atoms with Gasteiger partial charge in [-0.15, -0.1) is 0 Å². The summed E-state index contributed by atoms with van der Waals surface area (Å²) in [4.78, 5) is 23.6. The van der Waals surface area contributed by atoms with E-state index in [4.69, 9.17) is 4.98 Å². The van der Waals surface area contributed by atoms with Crippen LogP contribution in [0.4, 0.5) is 5.82 Å². The molecule has 1 N–H and O–H groups in total. The molecule has 26 heavy (non-hydrogen) atoms. The van der Waals surface area contributed by atoms with Crippen molar-refractivity contribution in [3.05, 3.63) is 77.5 Å². The van der Waals surface area contributed by atoms with Crippen molar-refractivity contribution in [2.75, 3.05) is 11.9 Å². The summed E-state index contributed by atoms with van der Waals surface area (Å²) in [7, 11) is 0. The summed E-state index contributed by atoms with van der Waals surface area (Å²) in [6, 6.07) is 13.5. The molecule has 1 aliphatic rings. The second-order valence-electron chi connectivity index (χ2n) is 6.45. The molecule has 0 spiro atoms. The smallest absolute Gasteiger partial charge is 0.254 e. The Balaban J connectivity index is 1.45. The number of amides is 1. The molecule has 3 aromatic rings. The van der Waals surface area contributed by atoms with Crippen molar-refractivity contribution in [3.63, 3.8) is 0 Å². The minimum atomic E-state index is 0.0745. The quantitative estimate of drug-likeness (QED) is 0.788. The Kier molecular flexibility index (Phi) is 4.39. The van der Waals surface area contributed by atoms with E-state index in [0.29, 0.717) is 19.6 Å². The summed E-state index contributed by atoms with van der Waals surface area (Å²) in [6.45, 7) is 4.59. The number of hydrogen-bond donors (Lipinski definition) is 1. The topological polar surface area (TPSA) is 63.1 Å². The average molecular weight is 347 g/mol. The number of nitrogens with zero attached hydrogens (tertiary/aromatic N) is 4. The average Bonchev–Trinajstić information content (AvgIpc) is 3.09. The van der Waals surface area contributed by atoms with Crippen LogP contribution in [0.5, 0.6) is 0 Å². The van der Waals surface area contributed by atoms with Gasteiger partial charge in [0.1, 0.15) is 11.6 Å². The fourth-order valence-electron chi connectivity index (χ4n) is 3.20. The monoisotopic (exact) mass is 347 g/mol.